The van der Waals surface area contributed by atoms with Gasteiger partial charge in [0.1, 0.15) is 11.4 Å². The zero-order valence-corrected chi connectivity index (χ0v) is 14.6. The first-order valence-electron chi connectivity index (χ1n) is 7.31. The van der Waals surface area contributed by atoms with E-state index in [4.69, 9.17) is 10.2 Å². The van der Waals surface area contributed by atoms with Crippen molar-refractivity contribution in [2.75, 3.05) is 11.9 Å². The van der Waals surface area contributed by atoms with E-state index in [2.05, 4.69) is 36.2 Å². The van der Waals surface area contributed by atoms with Gasteiger partial charge in [0, 0.05) is 37.5 Å². The number of aliphatic imine (C=N–C) groups is 1. The Morgan fingerprint density at radius 1 is 1.12 bits per heavy atom. The molecule has 25 heavy (non-hydrogen) atoms. The number of nitrogens with zero attached hydrogens (tertiary/aromatic N) is 3. The van der Waals surface area contributed by atoms with Gasteiger partial charge in [-0.2, -0.15) is 0 Å². The van der Waals surface area contributed by atoms with Crippen LogP contribution in [-0.4, -0.2) is 44.5 Å². The Morgan fingerprint density at radius 3 is 2.40 bits per heavy atom. The van der Waals surface area contributed by atoms with Gasteiger partial charge in [0.2, 0.25) is 0 Å². The zero-order chi connectivity index (χ0) is 18.2. The molecule has 0 radical (unpaired) electrons. The number of carboxylic acids is 2. The van der Waals surface area contributed by atoms with E-state index in [1.54, 1.807) is 12.4 Å². The monoisotopic (exact) mass is 406 g/mol. The molecule has 0 saturated heterocycles. The molecule has 2 heterocycles. The number of carboxylic acid groups (broad SMARTS) is 2. The molecule has 1 aromatic heterocycles. The molecule has 0 unspecified atom stereocenters. The highest BCUT2D eigenvalue weighted by molar-refractivity contribution is 9.10. The number of benzene rings is 1. The Hall–Kier alpha value is -2.81. The number of amidine groups is 1. The lowest BCUT2D eigenvalue weighted by Gasteiger charge is -2.09. The summed E-state index contributed by atoms with van der Waals surface area (Å²) < 4.78 is 0.942. The summed E-state index contributed by atoms with van der Waals surface area (Å²) in [6.07, 6.45) is 6.66. The van der Waals surface area contributed by atoms with Crippen LogP contribution in [0.15, 0.2) is 46.1 Å². The minimum Gasteiger partial charge on any atom is -0.478 e. The summed E-state index contributed by atoms with van der Waals surface area (Å²) in [5.41, 5.74) is 2.76. The lowest BCUT2D eigenvalue weighted by atomic mass is 10.2. The summed E-state index contributed by atoms with van der Waals surface area (Å²) in [7, 11) is 0. The Morgan fingerprint density at radius 2 is 1.80 bits per heavy atom. The first-order chi connectivity index (χ1) is 12.0. The molecule has 0 fully saturated rings. The Kier molecular flexibility index (Phi) is 6.58. The van der Waals surface area contributed by atoms with Crippen LogP contribution in [0.3, 0.4) is 0 Å². The standard InChI is InChI=1S/C12H11BrN4.C4H4O4/c13-11-8(17-10-2-1-5-15-10)3-4-9-12(11)16-7-6-14-9;5-3(6)1-2-4(7)8/h3-4,6-7H,1-2,5H2,(H,15,17);1-2H,(H,5,6)(H,7,8). The van der Waals surface area contributed by atoms with Crippen molar-refractivity contribution >= 4 is 50.4 Å². The molecular formula is C16H15BrN4O4. The minimum atomic E-state index is -1.26. The number of aliphatic carboxylic acids is 2. The number of anilines is 1. The van der Waals surface area contributed by atoms with Crippen molar-refractivity contribution in [3.05, 3.63) is 41.2 Å². The van der Waals surface area contributed by atoms with E-state index in [0.717, 1.165) is 46.4 Å². The molecule has 8 nitrogen and oxygen atoms in total. The number of rotatable bonds is 3. The van der Waals surface area contributed by atoms with Gasteiger partial charge in [-0.05, 0) is 34.5 Å². The molecule has 1 aliphatic heterocycles. The molecule has 130 valence electrons. The van der Waals surface area contributed by atoms with Crippen LogP contribution in [0.4, 0.5) is 5.69 Å². The fourth-order valence-electron chi connectivity index (χ4n) is 2.04. The number of halogens is 1. The van der Waals surface area contributed by atoms with Crippen LogP contribution in [0.5, 0.6) is 0 Å². The van der Waals surface area contributed by atoms with E-state index >= 15 is 0 Å². The second-order valence-electron chi connectivity index (χ2n) is 4.92. The smallest absolute Gasteiger partial charge is 0.328 e. The summed E-state index contributed by atoms with van der Waals surface area (Å²) in [6, 6.07) is 3.97. The molecule has 1 aliphatic rings. The maximum atomic E-state index is 9.55. The Balaban J connectivity index is 0.000000242. The van der Waals surface area contributed by atoms with Crippen LogP contribution in [0, 0.1) is 0 Å². The number of nitrogens with one attached hydrogen (secondary N) is 1. The summed E-state index contributed by atoms with van der Waals surface area (Å²) in [4.78, 5) is 32.1. The van der Waals surface area contributed by atoms with Gasteiger partial charge in [0.05, 0.1) is 15.7 Å². The number of fused-ring (bicyclic) bond motifs is 1. The van der Waals surface area contributed by atoms with Gasteiger partial charge >= 0.3 is 11.9 Å². The lowest BCUT2D eigenvalue weighted by Crippen LogP contribution is -2.08. The molecule has 0 amide bonds. The van der Waals surface area contributed by atoms with Crippen LogP contribution in [0.2, 0.25) is 0 Å². The van der Waals surface area contributed by atoms with Gasteiger partial charge in [0.15, 0.2) is 0 Å². The van der Waals surface area contributed by atoms with E-state index in [9.17, 15) is 9.59 Å². The molecule has 0 spiro atoms. The van der Waals surface area contributed by atoms with Crippen molar-refractivity contribution in [3.8, 4) is 0 Å². The lowest BCUT2D eigenvalue weighted by molar-refractivity contribution is -0.134. The number of aromatic nitrogens is 2. The second kappa shape index (κ2) is 8.88. The molecule has 0 aliphatic carbocycles. The molecule has 0 saturated carbocycles. The molecule has 0 bridgehead atoms. The third-order valence-electron chi connectivity index (χ3n) is 3.10. The van der Waals surface area contributed by atoms with Crippen molar-refractivity contribution in [2.24, 2.45) is 4.99 Å². The normalized spacial score (nSPS) is 13.2. The van der Waals surface area contributed by atoms with Gasteiger partial charge in [-0.1, -0.05) is 0 Å². The topological polar surface area (TPSA) is 125 Å². The summed E-state index contributed by atoms with van der Waals surface area (Å²) in [6.45, 7) is 0.924. The van der Waals surface area contributed by atoms with Crippen molar-refractivity contribution in [2.45, 2.75) is 12.8 Å². The average molecular weight is 407 g/mol. The molecule has 0 atom stereocenters. The number of hydrogen-bond donors (Lipinski definition) is 3. The molecule has 1 aromatic carbocycles. The minimum absolute atomic E-state index is 0.558. The van der Waals surface area contributed by atoms with Gasteiger partial charge in [-0.3, -0.25) is 15.0 Å². The highest BCUT2D eigenvalue weighted by Crippen LogP contribution is 2.29. The fourth-order valence-corrected chi connectivity index (χ4v) is 2.58. The van der Waals surface area contributed by atoms with Crippen LogP contribution in [-0.2, 0) is 9.59 Å². The first-order valence-corrected chi connectivity index (χ1v) is 8.10. The Bertz CT molecular complexity index is 835. The third kappa shape index (κ3) is 5.64. The fraction of sp³-hybridized carbons (Fsp3) is 0.188. The van der Waals surface area contributed by atoms with E-state index in [1.807, 2.05) is 12.1 Å². The first kappa shape index (κ1) is 18.5. The predicted octanol–water partition coefficient (Wildman–Crippen LogP) is 2.71. The maximum Gasteiger partial charge on any atom is 0.328 e. The summed E-state index contributed by atoms with van der Waals surface area (Å²) in [5, 5.41) is 19.0. The third-order valence-corrected chi connectivity index (χ3v) is 3.90. The molecule has 3 N–H and O–H groups in total. The van der Waals surface area contributed by atoms with E-state index in [-0.39, 0.29) is 0 Å². The van der Waals surface area contributed by atoms with E-state index in [1.165, 1.54) is 0 Å². The van der Waals surface area contributed by atoms with Gasteiger partial charge < -0.3 is 15.5 Å². The molecule has 9 heteroatoms. The highest BCUT2D eigenvalue weighted by Gasteiger charge is 2.11. The molecular weight excluding hydrogens is 392 g/mol. The average Bonchev–Trinajstić information content (AvgIpc) is 3.09. The highest BCUT2D eigenvalue weighted by atomic mass is 79.9. The van der Waals surface area contributed by atoms with Gasteiger partial charge in [0.25, 0.3) is 0 Å². The largest absolute Gasteiger partial charge is 0.478 e. The van der Waals surface area contributed by atoms with Crippen LogP contribution in [0.25, 0.3) is 11.0 Å². The van der Waals surface area contributed by atoms with E-state index < -0.39 is 11.9 Å². The van der Waals surface area contributed by atoms with Gasteiger partial charge in [-0.15, -0.1) is 0 Å². The number of hydrogen-bond acceptors (Lipinski definition) is 6. The van der Waals surface area contributed by atoms with E-state index in [0.29, 0.717) is 12.2 Å². The van der Waals surface area contributed by atoms with Crippen LogP contribution < -0.4 is 5.32 Å². The van der Waals surface area contributed by atoms with Crippen LogP contribution >= 0.6 is 15.9 Å². The quantitative estimate of drug-likeness (QED) is 0.668. The van der Waals surface area contributed by atoms with Crippen molar-refractivity contribution in [3.63, 3.8) is 0 Å². The molecule has 2 aromatic rings. The van der Waals surface area contributed by atoms with Crippen LogP contribution in [0.1, 0.15) is 12.8 Å². The molecule has 3 rings (SSSR count). The second-order valence-corrected chi connectivity index (χ2v) is 5.71. The summed E-state index contributed by atoms with van der Waals surface area (Å²) >= 11 is 3.57. The van der Waals surface area contributed by atoms with Crippen molar-refractivity contribution < 1.29 is 19.8 Å². The van der Waals surface area contributed by atoms with Crippen molar-refractivity contribution in [1.29, 1.82) is 0 Å². The predicted molar refractivity (Wildman–Crippen MR) is 96.8 cm³/mol. The number of carbonyl (C=O) groups is 2. The Labute approximate surface area is 151 Å². The zero-order valence-electron chi connectivity index (χ0n) is 13.0. The van der Waals surface area contributed by atoms with Crippen molar-refractivity contribution in [1.82, 2.24) is 9.97 Å². The maximum absolute atomic E-state index is 9.55. The van der Waals surface area contributed by atoms with Gasteiger partial charge in [-0.25, -0.2) is 9.59 Å². The SMILES string of the molecule is Brc1c(NC2=NCCC2)ccc2nccnc12.O=C(O)C=CC(=O)O. The summed E-state index contributed by atoms with van der Waals surface area (Å²) in [5.74, 6) is -1.46.